The molecule has 0 aromatic carbocycles. The first-order valence-electron chi connectivity index (χ1n) is 6.87. The van der Waals surface area contributed by atoms with Crippen molar-refractivity contribution in [2.45, 2.75) is 51.5 Å². The van der Waals surface area contributed by atoms with Gasteiger partial charge < -0.3 is 24.1 Å². The number of ether oxygens (including phenoxy) is 4. The average molecular weight is 386 g/mol. The average Bonchev–Trinajstić information content (AvgIpc) is 2.41. The molecule has 1 fully saturated rings. The van der Waals surface area contributed by atoms with E-state index in [9.17, 15) is 27.9 Å². The van der Waals surface area contributed by atoms with Gasteiger partial charge in [-0.05, 0) is 0 Å². The number of rotatable bonds is 6. The lowest BCUT2D eigenvalue weighted by Crippen LogP contribution is -2.62. The van der Waals surface area contributed by atoms with Crippen molar-refractivity contribution in [3.8, 4) is 0 Å². The third kappa shape index (κ3) is 6.91. The number of carbonyl (C=O) groups is 3. The van der Waals surface area contributed by atoms with Gasteiger partial charge >= 0.3 is 28.3 Å². The zero-order chi connectivity index (χ0) is 19.4. The maximum Gasteiger partial charge on any atom is 0.397 e. The first kappa shape index (κ1) is 21.2. The number of hydrogen-bond acceptors (Lipinski definition) is 11. The Morgan fingerprint density at radius 2 is 1.48 bits per heavy atom. The first-order valence-corrected chi connectivity index (χ1v) is 8.24. The van der Waals surface area contributed by atoms with Gasteiger partial charge in [0.2, 0.25) is 0 Å². The van der Waals surface area contributed by atoms with Gasteiger partial charge in [0.25, 0.3) is 0 Å². The van der Waals surface area contributed by atoms with Crippen molar-refractivity contribution in [1.29, 1.82) is 0 Å². The Bertz CT molecular complexity index is 614. The fraction of sp³-hybridized carbons (Fsp3) is 0.750. The van der Waals surface area contributed by atoms with E-state index in [1.54, 1.807) is 0 Å². The highest BCUT2D eigenvalue weighted by Crippen LogP contribution is 2.28. The molecule has 0 bridgehead atoms. The Morgan fingerprint density at radius 3 is 1.92 bits per heavy atom. The molecule has 1 saturated heterocycles. The molecule has 0 aromatic rings. The lowest BCUT2D eigenvalue weighted by molar-refractivity contribution is -0.289. The van der Waals surface area contributed by atoms with Crippen LogP contribution in [0.4, 0.5) is 0 Å². The van der Waals surface area contributed by atoms with E-state index in [4.69, 9.17) is 23.5 Å². The van der Waals surface area contributed by atoms with Gasteiger partial charge in [-0.1, -0.05) is 0 Å². The summed E-state index contributed by atoms with van der Waals surface area (Å²) in [5.74, 6) is -2.56. The minimum atomic E-state index is -5.10. The zero-order valence-electron chi connectivity index (χ0n) is 13.5. The van der Waals surface area contributed by atoms with E-state index in [0.29, 0.717) is 0 Å². The predicted molar refractivity (Wildman–Crippen MR) is 75.0 cm³/mol. The highest BCUT2D eigenvalue weighted by Gasteiger charge is 2.52. The third-order valence-electron chi connectivity index (χ3n) is 2.90. The SMILES string of the molecule is CC(=O)OC[C@H]1O[C@@H](O)[C@H](OC(C)=O)[C@@H](OS(=O)(=O)O)[C@H]1OC(C)=O. The van der Waals surface area contributed by atoms with E-state index in [-0.39, 0.29) is 0 Å². The summed E-state index contributed by atoms with van der Waals surface area (Å²) in [5.41, 5.74) is 0. The molecular formula is C12H18O12S. The Balaban J connectivity index is 3.20. The molecule has 0 radical (unpaired) electrons. The Labute approximate surface area is 142 Å². The second kappa shape index (κ2) is 8.53. The van der Waals surface area contributed by atoms with Crippen LogP contribution in [-0.2, 0) is 47.9 Å². The minimum absolute atomic E-state index is 0.539. The van der Waals surface area contributed by atoms with Crippen molar-refractivity contribution in [3.63, 3.8) is 0 Å². The Kier molecular flexibility index (Phi) is 7.25. The summed E-state index contributed by atoms with van der Waals surface area (Å²) in [6, 6.07) is 0. The van der Waals surface area contributed by atoms with Gasteiger partial charge in [-0.2, -0.15) is 8.42 Å². The predicted octanol–water partition coefficient (Wildman–Crippen LogP) is -1.68. The fourth-order valence-electron chi connectivity index (χ4n) is 2.13. The fourth-order valence-corrected chi connectivity index (χ4v) is 2.63. The van der Waals surface area contributed by atoms with E-state index >= 15 is 0 Å². The number of carbonyl (C=O) groups excluding carboxylic acids is 3. The third-order valence-corrected chi connectivity index (χ3v) is 3.36. The summed E-state index contributed by atoms with van der Waals surface area (Å²) in [6.45, 7) is 2.48. The number of hydrogen-bond donors (Lipinski definition) is 2. The van der Waals surface area contributed by atoms with Crippen LogP contribution in [0.5, 0.6) is 0 Å². The Morgan fingerprint density at radius 1 is 0.960 bits per heavy atom. The summed E-state index contributed by atoms with van der Waals surface area (Å²) in [5, 5.41) is 9.94. The second-order valence-corrected chi connectivity index (χ2v) is 6.05. The van der Waals surface area contributed by atoms with E-state index < -0.39 is 65.6 Å². The van der Waals surface area contributed by atoms with Crippen molar-refractivity contribution in [1.82, 2.24) is 0 Å². The van der Waals surface area contributed by atoms with Crippen LogP contribution in [0, 0.1) is 0 Å². The molecule has 12 nitrogen and oxygen atoms in total. The van der Waals surface area contributed by atoms with Gasteiger partial charge in [0.15, 0.2) is 24.6 Å². The van der Waals surface area contributed by atoms with Crippen LogP contribution in [0.2, 0.25) is 0 Å². The van der Waals surface area contributed by atoms with E-state index in [1.807, 2.05) is 0 Å². The van der Waals surface area contributed by atoms with Crippen LogP contribution in [0.25, 0.3) is 0 Å². The molecule has 0 saturated carbocycles. The molecule has 2 N–H and O–H groups in total. The van der Waals surface area contributed by atoms with Gasteiger partial charge in [-0.15, -0.1) is 0 Å². The maximum absolute atomic E-state index is 11.3. The van der Waals surface area contributed by atoms with Crippen LogP contribution < -0.4 is 0 Å². The first-order chi connectivity index (χ1) is 11.4. The monoisotopic (exact) mass is 386 g/mol. The van der Waals surface area contributed by atoms with Crippen LogP contribution in [0.15, 0.2) is 0 Å². The molecule has 144 valence electrons. The maximum atomic E-state index is 11.3. The normalized spacial score (nSPS) is 29.6. The molecule has 0 aliphatic carbocycles. The molecule has 1 rings (SSSR count). The van der Waals surface area contributed by atoms with E-state index in [2.05, 4.69) is 4.18 Å². The summed E-state index contributed by atoms with van der Waals surface area (Å²) >= 11 is 0. The molecule has 0 unspecified atom stereocenters. The molecule has 0 spiro atoms. The van der Waals surface area contributed by atoms with Crippen LogP contribution in [0.1, 0.15) is 20.8 Å². The number of aliphatic hydroxyl groups is 1. The molecule has 0 aromatic heterocycles. The van der Waals surface area contributed by atoms with Gasteiger partial charge in [0.05, 0.1) is 0 Å². The lowest BCUT2D eigenvalue weighted by Gasteiger charge is -2.42. The van der Waals surface area contributed by atoms with E-state index in [0.717, 1.165) is 20.8 Å². The molecule has 0 amide bonds. The standard InChI is InChI=1S/C12H18O12S/c1-5(13)20-4-8-9(21-6(2)14)10(24-25(17,18)19)11(12(16)23-8)22-7(3)15/h8-12,16H,4H2,1-3H3,(H,17,18,19)/t8-,9+,10+,11-,12-/m1/s1. The topological polar surface area (TPSA) is 172 Å². The van der Waals surface area contributed by atoms with Gasteiger partial charge in [0, 0.05) is 20.8 Å². The molecule has 1 aliphatic heterocycles. The van der Waals surface area contributed by atoms with Crippen LogP contribution in [0.3, 0.4) is 0 Å². The quantitative estimate of drug-likeness (QED) is 0.302. The highest BCUT2D eigenvalue weighted by atomic mass is 32.3. The van der Waals surface area contributed by atoms with Crippen molar-refractivity contribution < 1.29 is 55.6 Å². The summed E-state index contributed by atoms with van der Waals surface area (Å²) in [6.07, 6.45) is -8.47. The van der Waals surface area contributed by atoms with Crippen molar-refractivity contribution >= 4 is 28.3 Å². The summed E-state index contributed by atoms with van der Waals surface area (Å²) in [4.78, 5) is 33.4. The number of esters is 3. The number of aliphatic hydroxyl groups excluding tert-OH is 1. The van der Waals surface area contributed by atoms with Crippen molar-refractivity contribution in [2.75, 3.05) is 6.61 Å². The van der Waals surface area contributed by atoms with Gasteiger partial charge in [0.1, 0.15) is 12.7 Å². The summed E-state index contributed by atoms with van der Waals surface area (Å²) < 4.78 is 54.9. The van der Waals surface area contributed by atoms with Gasteiger partial charge in [-0.25, -0.2) is 4.18 Å². The van der Waals surface area contributed by atoms with Crippen molar-refractivity contribution in [2.24, 2.45) is 0 Å². The smallest absolute Gasteiger partial charge is 0.397 e. The molecule has 13 heteroatoms. The molecule has 5 atom stereocenters. The summed E-state index contributed by atoms with van der Waals surface area (Å²) in [7, 11) is -5.10. The molecule has 1 aliphatic rings. The Hall–Kier alpha value is -1.80. The minimum Gasteiger partial charge on any atom is -0.463 e. The molecular weight excluding hydrogens is 368 g/mol. The van der Waals surface area contributed by atoms with Crippen LogP contribution >= 0.6 is 0 Å². The van der Waals surface area contributed by atoms with Crippen molar-refractivity contribution in [3.05, 3.63) is 0 Å². The molecule has 1 heterocycles. The highest BCUT2D eigenvalue weighted by molar-refractivity contribution is 7.80. The van der Waals surface area contributed by atoms with Crippen LogP contribution in [-0.4, -0.2) is 73.3 Å². The molecule has 25 heavy (non-hydrogen) atoms. The lowest BCUT2D eigenvalue weighted by atomic mass is 9.98. The zero-order valence-corrected chi connectivity index (χ0v) is 14.3. The largest absolute Gasteiger partial charge is 0.463 e. The van der Waals surface area contributed by atoms with Gasteiger partial charge in [-0.3, -0.25) is 18.9 Å². The van der Waals surface area contributed by atoms with E-state index in [1.165, 1.54) is 0 Å². The second-order valence-electron chi connectivity index (χ2n) is 5.00.